The summed E-state index contributed by atoms with van der Waals surface area (Å²) < 4.78 is 0. The molecule has 38 heavy (non-hydrogen) atoms. The third-order valence-corrected chi connectivity index (χ3v) is 7.43. The molecule has 1 aliphatic carbocycles. The Labute approximate surface area is 219 Å². The Bertz CT molecular complexity index is 1780. The van der Waals surface area contributed by atoms with Crippen LogP contribution in [0.5, 0.6) is 0 Å². The first-order valence-electron chi connectivity index (χ1n) is 12.9. The van der Waals surface area contributed by atoms with Gasteiger partial charge in [-0.25, -0.2) is 4.98 Å². The lowest BCUT2D eigenvalue weighted by Gasteiger charge is -2.15. The molecule has 1 saturated carbocycles. The van der Waals surface area contributed by atoms with Gasteiger partial charge in [-0.15, -0.1) is 0 Å². The highest BCUT2D eigenvalue weighted by molar-refractivity contribution is 6.00. The number of fused-ring (bicyclic) bond motifs is 2. The van der Waals surface area contributed by atoms with Crippen LogP contribution in [0.15, 0.2) is 86.0 Å². The van der Waals surface area contributed by atoms with Crippen molar-refractivity contribution >= 4 is 27.6 Å². The molecule has 0 spiro atoms. The molecule has 6 heterocycles. The van der Waals surface area contributed by atoms with E-state index < -0.39 is 0 Å². The number of pyridine rings is 4. The van der Waals surface area contributed by atoms with Gasteiger partial charge in [-0.1, -0.05) is 19.4 Å². The number of anilines is 1. The van der Waals surface area contributed by atoms with Gasteiger partial charge in [0.05, 0.1) is 29.3 Å². The van der Waals surface area contributed by atoms with E-state index in [4.69, 9.17) is 0 Å². The largest absolute Gasteiger partial charge is 0.358 e. The lowest BCUT2D eigenvalue weighted by Crippen LogP contribution is -2.07. The minimum atomic E-state index is 0.538. The van der Waals surface area contributed by atoms with Gasteiger partial charge in [0, 0.05) is 64.1 Å². The number of rotatable bonds is 6. The molecule has 0 aromatic carbocycles. The Kier molecular flexibility index (Phi) is 5.43. The molecule has 0 atom stereocenters. The summed E-state index contributed by atoms with van der Waals surface area (Å²) >= 11 is 0. The van der Waals surface area contributed by atoms with Crippen molar-refractivity contribution in [1.29, 1.82) is 0 Å². The second-order valence-electron chi connectivity index (χ2n) is 9.85. The molecule has 3 N–H and O–H groups in total. The minimum Gasteiger partial charge on any atom is -0.358 e. The summed E-state index contributed by atoms with van der Waals surface area (Å²) in [6, 6.07) is 10.3. The van der Waals surface area contributed by atoms with Gasteiger partial charge in [-0.05, 0) is 54.7 Å². The van der Waals surface area contributed by atoms with Gasteiger partial charge in [0.1, 0.15) is 5.69 Å². The zero-order valence-electron chi connectivity index (χ0n) is 20.8. The fraction of sp³-hybridized carbons (Fsp3) is 0.167. The Hall–Kier alpha value is -4.85. The van der Waals surface area contributed by atoms with Gasteiger partial charge >= 0.3 is 0 Å². The zero-order valence-corrected chi connectivity index (χ0v) is 20.8. The summed E-state index contributed by atoms with van der Waals surface area (Å²) in [5.41, 5.74) is 9.46. The number of aromatic amines is 2. The molecule has 6 aromatic rings. The van der Waals surface area contributed by atoms with Crippen LogP contribution in [0.1, 0.15) is 25.7 Å². The quantitative estimate of drug-likeness (QED) is 0.235. The van der Waals surface area contributed by atoms with Crippen LogP contribution in [0.25, 0.3) is 55.6 Å². The van der Waals surface area contributed by atoms with E-state index in [1.165, 1.54) is 25.7 Å². The normalized spacial score (nSPS) is 13.9. The fourth-order valence-electron chi connectivity index (χ4n) is 5.43. The van der Waals surface area contributed by atoms with E-state index in [0.717, 1.165) is 67.0 Å². The van der Waals surface area contributed by atoms with Crippen molar-refractivity contribution in [1.82, 2.24) is 35.1 Å². The number of nitrogens with zero attached hydrogens (tertiary/aromatic N) is 5. The van der Waals surface area contributed by atoms with Crippen LogP contribution in [-0.2, 0) is 0 Å². The summed E-state index contributed by atoms with van der Waals surface area (Å²) in [4.78, 5) is 21.2. The van der Waals surface area contributed by atoms with Gasteiger partial charge in [0.2, 0.25) is 0 Å². The first kappa shape index (κ1) is 22.4. The number of hydrogen-bond donors (Lipinski definition) is 3. The van der Waals surface area contributed by atoms with Crippen LogP contribution >= 0.6 is 0 Å². The fourth-order valence-corrected chi connectivity index (χ4v) is 5.43. The van der Waals surface area contributed by atoms with Gasteiger partial charge < -0.3 is 10.3 Å². The molecule has 0 aliphatic heterocycles. The summed E-state index contributed by atoms with van der Waals surface area (Å²) in [5.74, 6) is 0.538. The van der Waals surface area contributed by atoms with Crippen molar-refractivity contribution < 1.29 is 0 Å². The smallest absolute Gasteiger partial charge is 0.155 e. The first-order chi connectivity index (χ1) is 18.7. The average Bonchev–Trinajstić information content (AvgIpc) is 3.73. The van der Waals surface area contributed by atoms with Crippen molar-refractivity contribution in [2.24, 2.45) is 5.92 Å². The predicted molar refractivity (Wildman–Crippen MR) is 150 cm³/mol. The monoisotopic (exact) mass is 498 g/mol. The number of hydrogen-bond acceptors (Lipinski definition) is 6. The van der Waals surface area contributed by atoms with Crippen LogP contribution in [0.2, 0.25) is 0 Å². The van der Waals surface area contributed by atoms with E-state index in [2.05, 4.69) is 65.2 Å². The predicted octanol–water partition coefficient (Wildman–Crippen LogP) is 6.74. The zero-order chi connectivity index (χ0) is 25.5. The van der Waals surface area contributed by atoms with E-state index in [1.54, 1.807) is 12.4 Å². The number of aromatic nitrogens is 7. The summed E-state index contributed by atoms with van der Waals surface area (Å²) in [6.07, 6.45) is 17.8. The van der Waals surface area contributed by atoms with Crippen LogP contribution in [-0.4, -0.2) is 35.1 Å². The lowest BCUT2D eigenvalue weighted by atomic mass is 10.0. The van der Waals surface area contributed by atoms with Gasteiger partial charge in [0.15, 0.2) is 5.65 Å². The van der Waals surface area contributed by atoms with Crippen LogP contribution < -0.4 is 5.32 Å². The topological polar surface area (TPSA) is 108 Å². The minimum absolute atomic E-state index is 0.538. The summed E-state index contributed by atoms with van der Waals surface area (Å²) in [5, 5.41) is 13.2. The molecule has 8 heteroatoms. The molecule has 0 saturated heterocycles. The molecule has 6 aromatic heterocycles. The molecule has 0 unspecified atom stereocenters. The van der Waals surface area contributed by atoms with Crippen LogP contribution in [0.4, 0.5) is 5.69 Å². The highest BCUT2D eigenvalue weighted by atomic mass is 15.2. The van der Waals surface area contributed by atoms with Gasteiger partial charge in [-0.3, -0.25) is 20.1 Å². The molecular formula is C30H26N8. The third-order valence-electron chi connectivity index (χ3n) is 7.43. The van der Waals surface area contributed by atoms with E-state index in [9.17, 15) is 0 Å². The summed E-state index contributed by atoms with van der Waals surface area (Å²) in [6.45, 7) is 4.28. The lowest BCUT2D eigenvalue weighted by molar-refractivity contribution is 0.649. The third kappa shape index (κ3) is 4.00. The number of allylic oxidation sites excluding steroid dienone is 1. The Balaban J connectivity index is 1.25. The second kappa shape index (κ2) is 9.23. The van der Waals surface area contributed by atoms with Crippen LogP contribution in [0, 0.1) is 5.92 Å². The van der Waals surface area contributed by atoms with E-state index in [1.807, 2.05) is 43.1 Å². The number of H-pyrrole nitrogens is 2. The van der Waals surface area contributed by atoms with E-state index >= 15 is 0 Å². The Morgan fingerprint density at radius 1 is 0.842 bits per heavy atom. The standard InChI is InChI=1S/C30H26N8/c1-18(19-4-2-3-5-19)35-23-10-21(13-32-15-23)22-11-25-29(37-38-30(25)34-14-22)27-12-24-26(16-33-17-28(24)36-27)20-6-8-31-9-7-20/h6-17,19,35-36H,1-5H2,(H,34,37,38). The van der Waals surface area contributed by atoms with E-state index in [-0.39, 0.29) is 0 Å². The average molecular weight is 499 g/mol. The highest BCUT2D eigenvalue weighted by Gasteiger charge is 2.19. The maximum absolute atomic E-state index is 4.66. The maximum atomic E-state index is 4.66. The van der Waals surface area contributed by atoms with E-state index in [0.29, 0.717) is 5.92 Å². The molecule has 0 amide bonds. The van der Waals surface area contributed by atoms with Crippen molar-refractivity contribution in [3.63, 3.8) is 0 Å². The molecule has 186 valence electrons. The Morgan fingerprint density at radius 3 is 2.53 bits per heavy atom. The molecule has 1 fully saturated rings. The molecule has 0 bridgehead atoms. The van der Waals surface area contributed by atoms with Crippen LogP contribution in [0.3, 0.4) is 0 Å². The SMILES string of the molecule is C=C(Nc1cncc(-c2cnc3[nH]nc(-c4cc5c(-c6ccncc6)cncc5[nH]4)c3c2)c1)C1CCCC1. The maximum Gasteiger partial charge on any atom is 0.155 e. The molecule has 7 rings (SSSR count). The van der Waals surface area contributed by atoms with Crippen molar-refractivity contribution in [2.45, 2.75) is 25.7 Å². The summed E-state index contributed by atoms with van der Waals surface area (Å²) in [7, 11) is 0. The van der Waals surface area contributed by atoms with Crippen molar-refractivity contribution in [3.8, 4) is 33.6 Å². The molecule has 1 aliphatic rings. The van der Waals surface area contributed by atoms with Crippen molar-refractivity contribution in [2.75, 3.05) is 5.32 Å². The van der Waals surface area contributed by atoms with Gasteiger partial charge in [-0.2, -0.15) is 5.10 Å². The van der Waals surface area contributed by atoms with Gasteiger partial charge in [0.25, 0.3) is 0 Å². The first-order valence-corrected chi connectivity index (χ1v) is 12.9. The Morgan fingerprint density at radius 2 is 1.66 bits per heavy atom. The second-order valence-corrected chi connectivity index (χ2v) is 9.85. The molecular weight excluding hydrogens is 472 g/mol. The molecule has 0 radical (unpaired) electrons. The number of nitrogens with one attached hydrogen (secondary N) is 3. The van der Waals surface area contributed by atoms with Crippen molar-refractivity contribution in [3.05, 3.63) is 86.0 Å². The highest BCUT2D eigenvalue weighted by Crippen LogP contribution is 2.35. The molecule has 8 nitrogen and oxygen atoms in total.